The zero-order chi connectivity index (χ0) is 14.0. The third kappa shape index (κ3) is 5.67. The number of carbonyl (C=O) groups excluding carboxylic acids is 2. The average molecular weight is 254 g/mol. The Labute approximate surface area is 106 Å². The minimum absolute atomic E-state index is 0.181. The molecule has 0 heterocycles. The van der Waals surface area contributed by atoms with E-state index in [0.29, 0.717) is 11.1 Å². The summed E-state index contributed by atoms with van der Waals surface area (Å²) < 4.78 is 0. The molecule has 1 aromatic rings. The van der Waals surface area contributed by atoms with Crippen molar-refractivity contribution in [2.24, 2.45) is 5.41 Å². The topological polar surface area (TPSA) is 94.8 Å². The van der Waals surface area contributed by atoms with Crippen molar-refractivity contribution in [1.29, 1.82) is 0 Å². The lowest BCUT2D eigenvalue weighted by atomic mass is 9.95. The highest BCUT2D eigenvalue weighted by Gasteiger charge is 2.20. The smallest absolute Gasteiger partial charge is 0.150 e. The molecule has 0 aliphatic rings. The lowest BCUT2D eigenvalue weighted by molar-refractivity contribution is 0.0200. The highest BCUT2D eigenvalue weighted by Crippen LogP contribution is 2.10. The lowest BCUT2D eigenvalue weighted by Crippen LogP contribution is -2.29. The molecule has 0 spiro atoms. The van der Waals surface area contributed by atoms with Crippen molar-refractivity contribution in [2.75, 3.05) is 19.8 Å². The summed E-state index contributed by atoms with van der Waals surface area (Å²) in [5.74, 6) is 0. The monoisotopic (exact) mass is 254 g/mol. The van der Waals surface area contributed by atoms with Crippen molar-refractivity contribution in [1.82, 2.24) is 0 Å². The van der Waals surface area contributed by atoms with Gasteiger partial charge in [-0.2, -0.15) is 0 Å². The third-order valence-corrected chi connectivity index (χ3v) is 2.35. The Balaban J connectivity index is 0.000000331. The molecule has 0 radical (unpaired) electrons. The summed E-state index contributed by atoms with van der Waals surface area (Å²) in [6.07, 6.45) is 1.49. The van der Waals surface area contributed by atoms with Crippen LogP contribution in [0.15, 0.2) is 24.3 Å². The molecule has 0 aliphatic heterocycles. The number of aldehydes is 2. The SMILES string of the molecule is CC(CO)(CO)CO.O=Cc1ccc(C=O)cc1. The Hall–Kier alpha value is -1.56. The lowest BCUT2D eigenvalue weighted by Gasteiger charge is -2.20. The minimum Gasteiger partial charge on any atom is -0.396 e. The third-order valence-electron chi connectivity index (χ3n) is 2.35. The molecule has 3 N–H and O–H groups in total. The van der Waals surface area contributed by atoms with Gasteiger partial charge in [-0.25, -0.2) is 0 Å². The first-order valence-electron chi connectivity index (χ1n) is 5.38. The largest absolute Gasteiger partial charge is 0.396 e. The second-order valence-corrected chi connectivity index (χ2v) is 4.19. The van der Waals surface area contributed by atoms with Gasteiger partial charge >= 0.3 is 0 Å². The van der Waals surface area contributed by atoms with Gasteiger partial charge in [-0.3, -0.25) is 9.59 Å². The van der Waals surface area contributed by atoms with Crippen LogP contribution in [0.3, 0.4) is 0 Å². The van der Waals surface area contributed by atoms with Gasteiger partial charge in [0.15, 0.2) is 0 Å². The second kappa shape index (κ2) is 8.52. The highest BCUT2D eigenvalue weighted by atomic mass is 16.3. The van der Waals surface area contributed by atoms with Crippen LogP contribution < -0.4 is 0 Å². The fraction of sp³-hybridized carbons (Fsp3) is 0.385. The summed E-state index contributed by atoms with van der Waals surface area (Å²) >= 11 is 0. The molecule has 0 saturated carbocycles. The minimum atomic E-state index is -0.708. The number of aliphatic hydroxyl groups is 3. The zero-order valence-electron chi connectivity index (χ0n) is 10.2. The molecule has 0 aliphatic carbocycles. The average Bonchev–Trinajstić information content (AvgIpc) is 2.47. The molecule has 0 unspecified atom stereocenters. The van der Waals surface area contributed by atoms with Crippen molar-refractivity contribution < 1.29 is 24.9 Å². The van der Waals surface area contributed by atoms with Crippen LogP contribution in [0.4, 0.5) is 0 Å². The maximum Gasteiger partial charge on any atom is 0.150 e. The van der Waals surface area contributed by atoms with E-state index in [4.69, 9.17) is 15.3 Å². The van der Waals surface area contributed by atoms with Gasteiger partial charge in [-0.1, -0.05) is 31.2 Å². The maximum atomic E-state index is 10.1. The number of carbonyl (C=O) groups is 2. The highest BCUT2D eigenvalue weighted by molar-refractivity contribution is 5.79. The molecule has 0 aromatic heterocycles. The van der Waals surface area contributed by atoms with Gasteiger partial charge in [0.1, 0.15) is 12.6 Å². The van der Waals surface area contributed by atoms with Crippen molar-refractivity contribution in [3.63, 3.8) is 0 Å². The van der Waals surface area contributed by atoms with Crippen molar-refractivity contribution in [2.45, 2.75) is 6.92 Å². The van der Waals surface area contributed by atoms with Crippen LogP contribution in [0.5, 0.6) is 0 Å². The Morgan fingerprint density at radius 2 is 1.17 bits per heavy atom. The summed E-state index contributed by atoms with van der Waals surface area (Å²) in [4.78, 5) is 20.2. The first kappa shape index (κ1) is 16.4. The number of aliphatic hydroxyl groups excluding tert-OH is 3. The van der Waals surface area contributed by atoms with Crippen LogP contribution in [0.1, 0.15) is 27.6 Å². The van der Waals surface area contributed by atoms with E-state index in [1.165, 1.54) is 0 Å². The van der Waals surface area contributed by atoms with E-state index < -0.39 is 5.41 Å². The molecule has 0 amide bonds. The summed E-state index contributed by atoms with van der Waals surface area (Å²) in [6.45, 7) is 1.06. The molecule has 0 fully saturated rings. The van der Waals surface area contributed by atoms with E-state index in [0.717, 1.165) is 12.6 Å². The van der Waals surface area contributed by atoms with Gasteiger partial charge in [0.25, 0.3) is 0 Å². The van der Waals surface area contributed by atoms with Crippen LogP contribution in [0, 0.1) is 5.41 Å². The number of benzene rings is 1. The second-order valence-electron chi connectivity index (χ2n) is 4.19. The van der Waals surface area contributed by atoms with Crippen molar-refractivity contribution >= 4 is 12.6 Å². The van der Waals surface area contributed by atoms with E-state index in [9.17, 15) is 9.59 Å². The van der Waals surface area contributed by atoms with Crippen LogP contribution in [-0.2, 0) is 0 Å². The quantitative estimate of drug-likeness (QED) is 0.656. The molecule has 5 nitrogen and oxygen atoms in total. The number of hydrogen-bond acceptors (Lipinski definition) is 5. The summed E-state index contributed by atoms with van der Waals surface area (Å²) in [5.41, 5.74) is 0.469. The van der Waals surface area contributed by atoms with E-state index in [2.05, 4.69) is 0 Å². The molecule has 18 heavy (non-hydrogen) atoms. The predicted octanol–water partition coefficient (Wildman–Crippen LogP) is 0.281. The Morgan fingerprint density at radius 1 is 0.889 bits per heavy atom. The summed E-state index contributed by atoms with van der Waals surface area (Å²) in [7, 11) is 0. The molecule has 0 bridgehead atoms. The van der Waals surface area contributed by atoms with Gasteiger partial charge in [0.2, 0.25) is 0 Å². The fourth-order valence-corrected chi connectivity index (χ4v) is 0.803. The molecule has 1 aromatic carbocycles. The zero-order valence-corrected chi connectivity index (χ0v) is 10.2. The standard InChI is InChI=1S/C8H6O2.C5H12O3/c9-5-7-1-2-8(6-10)4-3-7;1-5(2-6,3-7)4-8/h1-6H;6-8H,2-4H2,1H3. The van der Waals surface area contributed by atoms with Crippen LogP contribution >= 0.6 is 0 Å². The Morgan fingerprint density at radius 3 is 1.28 bits per heavy atom. The predicted molar refractivity (Wildman–Crippen MR) is 66.6 cm³/mol. The molecule has 5 heteroatoms. The summed E-state index contributed by atoms with van der Waals surface area (Å²) in [6, 6.07) is 6.43. The Bertz CT molecular complexity index is 319. The molecular formula is C13H18O5. The van der Waals surface area contributed by atoms with Gasteiger partial charge in [0, 0.05) is 16.5 Å². The number of rotatable bonds is 5. The van der Waals surface area contributed by atoms with Crippen molar-refractivity contribution in [3.8, 4) is 0 Å². The van der Waals surface area contributed by atoms with Gasteiger partial charge in [0.05, 0.1) is 19.8 Å². The first-order valence-corrected chi connectivity index (χ1v) is 5.38. The molecule has 0 atom stereocenters. The molecule has 1 rings (SSSR count). The molecule has 100 valence electrons. The molecular weight excluding hydrogens is 236 g/mol. The van der Waals surface area contributed by atoms with Crippen molar-refractivity contribution in [3.05, 3.63) is 35.4 Å². The summed E-state index contributed by atoms with van der Waals surface area (Å²) in [5, 5.41) is 25.4. The maximum absolute atomic E-state index is 10.1. The van der Waals surface area contributed by atoms with E-state index in [1.807, 2.05) is 0 Å². The fourth-order valence-electron chi connectivity index (χ4n) is 0.803. The normalized spacial score (nSPS) is 10.2. The van der Waals surface area contributed by atoms with Gasteiger partial charge in [-0.05, 0) is 0 Å². The van der Waals surface area contributed by atoms with E-state index in [-0.39, 0.29) is 19.8 Å². The first-order chi connectivity index (χ1) is 8.55. The van der Waals surface area contributed by atoms with E-state index in [1.54, 1.807) is 31.2 Å². The van der Waals surface area contributed by atoms with E-state index >= 15 is 0 Å². The van der Waals surface area contributed by atoms with Gasteiger partial charge < -0.3 is 15.3 Å². The van der Waals surface area contributed by atoms with Crippen LogP contribution in [0.2, 0.25) is 0 Å². The molecule has 0 saturated heterocycles. The van der Waals surface area contributed by atoms with Crippen LogP contribution in [0.25, 0.3) is 0 Å². The Kier molecular flexibility index (Phi) is 7.78. The van der Waals surface area contributed by atoms with Crippen LogP contribution in [-0.4, -0.2) is 47.7 Å². The number of hydrogen-bond donors (Lipinski definition) is 3. The van der Waals surface area contributed by atoms with Gasteiger partial charge in [-0.15, -0.1) is 0 Å².